The van der Waals surface area contributed by atoms with E-state index in [1.54, 1.807) is 20.8 Å². The molecule has 1 atom stereocenters. The molecule has 19 heavy (non-hydrogen) atoms. The van der Waals surface area contributed by atoms with Gasteiger partial charge < -0.3 is 20.5 Å². The lowest BCUT2D eigenvalue weighted by molar-refractivity contribution is -0.150. The second-order valence-corrected chi connectivity index (χ2v) is 4.40. The van der Waals surface area contributed by atoms with Gasteiger partial charge in [-0.05, 0) is 27.2 Å². The molecule has 0 fully saturated rings. The molecule has 7 nitrogen and oxygen atoms in total. The van der Waals surface area contributed by atoms with Crippen LogP contribution in [0.4, 0.5) is 0 Å². The molecule has 0 radical (unpaired) electrons. The fraction of sp³-hybridized carbons (Fsp3) is 0.750. The van der Waals surface area contributed by atoms with Gasteiger partial charge in [0.05, 0.1) is 12.6 Å². The number of carboxylic acids is 1. The number of carbonyl (C=O) groups is 3. The van der Waals surface area contributed by atoms with E-state index in [1.165, 1.54) is 4.90 Å². The van der Waals surface area contributed by atoms with Crippen molar-refractivity contribution in [3.05, 3.63) is 0 Å². The SMILES string of the molecule is CCOC(=O)CN(C(=O)C(N)CCC(=O)O)C(C)C. The van der Waals surface area contributed by atoms with Crippen LogP contribution in [0.2, 0.25) is 0 Å². The first kappa shape index (κ1) is 17.4. The Kier molecular flexibility index (Phi) is 7.74. The molecular weight excluding hydrogens is 252 g/mol. The van der Waals surface area contributed by atoms with Crippen LogP contribution in [0.25, 0.3) is 0 Å². The summed E-state index contributed by atoms with van der Waals surface area (Å²) in [6.45, 7) is 5.25. The van der Waals surface area contributed by atoms with E-state index in [0.29, 0.717) is 0 Å². The predicted octanol–water partition coefficient (Wildman–Crippen LogP) is -0.0214. The zero-order chi connectivity index (χ0) is 15.0. The van der Waals surface area contributed by atoms with Crippen LogP contribution in [0.15, 0.2) is 0 Å². The summed E-state index contributed by atoms with van der Waals surface area (Å²) in [5.74, 6) is -1.95. The van der Waals surface area contributed by atoms with Crippen LogP contribution in [-0.2, 0) is 19.1 Å². The number of carbonyl (C=O) groups excluding carboxylic acids is 2. The lowest BCUT2D eigenvalue weighted by Crippen LogP contribution is -2.49. The molecule has 7 heteroatoms. The molecule has 0 spiro atoms. The first-order valence-corrected chi connectivity index (χ1v) is 6.23. The number of rotatable bonds is 8. The molecule has 0 aliphatic heterocycles. The summed E-state index contributed by atoms with van der Waals surface area (Å²) in [5, 5.41) is 8.55. The summed E-state index contributed by atoms with van der Waals surface area (Å²) >= 11 is 0. The number of nitrogens with two attached hydrogens (primary N) is 1. The number of hydrogen-bond acceptors (Lipinski definition) is 5. The Hall–Kier alpha value is -1.63. The summed E-state index contributed by atoms with van der Waals surface area (Å²) in [5.41, 5.74) is 5.65. The predicted molar refractivity (Wildman–Crippen MR) is 68.3 cm³/mol. The molecular formula is C12H22N2O5. The van der Waals surface area contributed by atoms with Crippen LogP contribution in [0, 0.1) is 0 Å². The minimum atomic E-state index is -1.01. The average molecular weight is 274 g/mol. The summed E-state index contributed by atoms with van der Waals surface area (Å²) in [6, 6.07) is -1.14. The molecule has 0 aromatic carbocycles. The molecule has 0 aromatic rings. The molecule has 0 heterocycles. The highest BCUT2D eigenvalue weighted by molar-refractivity contribution is 5.86. The Morgan fingerprint density at radius 3 is 2.32 bits per heavy atom. The molecule has 0 aliphatic rings. The second kappa shape index (κ2) is 8.47. The van der Waals surface area contributed by atoms with Gasteiger partial charge in [-0.3, -0.25) is 14.4 Å². The lowest BCUT2D eigenvalue weighted by atomic mass is 10.1. The molecule has 3 N–H and O–H groups in total. The Labute approximate surface area is 112 Å². The van der Waals surface area contributed by atoms with Crippen molar-refractivity contribution in [3.8, 4) is 0 Å². The van der Waals surface area contributed by atoms with Crippen LogP contribution >= 0.6 is 0 Å². The quantitative estimate of drug-likeness (QED) is 0.602. The number of ether oxygens (including phenoxy) is 1. The smallest absolute Gasteiger partial charge is 0.325 e. The third-order valence-electron chi connectivity index (χ3n) is 2.50. The second-order valence-electron chi connectivity index (χ2n) is 4.40. The highest BCUT2D eigenvalue weighted by atomic mass is 16.5. The lowest BCUT2D eigenvalue weighted by Gasteiger charge is -2.28. The first-order chi connectivity index (χ1) is 8.79. The zero-order valence-corrected chi connectivity index (χ0v) is 11.6. The van der Waals surface area contributed by atoms with Crippen LogP contribution < -0.4 is 5.73 Å². The van der Waals surface area contributed by atoms with E-state index in [9.17, 15) is 14.4 Å². The van der Waals surface area contributed by atoms with E-state index in [-0.39, 0.29) is 32.0 Å². The van der Waals surface area contributed by atoms with Gasteiger partial charge in [-0.25, -0.2) is 0 Å². The van der Waals surface area contributed by atoms with E-state index in [2.05, 4.69) is 0 Å². The van der Waals surface area contributed by atoms with Crippen LogP contribution in [0.5, 0.6) is 0 Å². The summed E-state index contributed by atoms with van der Waals surface area (Å²) < 4.78 is 4.78. The molecule has 1 amide bonds. The minimum absolute atomic E-state index is 0.0419. The Bertz CT molecular complexity index is 330. The highest BCUT2D eigenvalue weighted by Gasteiger charge is 2.26. The average Bonchev–Trinajstić information content (AvgIpc) is 2.32. The fourth-order valence-electron chi connectivity index (χ4n) is 1.48. The van der Waals surface area contributed by atoms with E-state index in [0.717, 1.165) is 0 Å². The number of hydrogen-bond donors (Lipinski definition) is 2. The van der Waals surface area contributed by atoms with Crippen LogP contribution in [-0.4, -0.2) is 53.1 Å². The molecule has 0 aliphatic carbocycles. The van der Waals surface area contributed by atoms with Gasteiger partial charge in [-0.1, -0.05) is 0 Å². The Balaban J connectivity index is 4.56. The van der Waals surface area contributed by atoms with Crippen molar-refractivity contribution < 1.29 is 24.2 Å². The van der Waals surface area contributed by atoms with Gasteiger partial charge in [0.2, 0.25) is 5.91 Å². The normalized spacial score (nSPS) is 12.1. The number of esters is 1. The van der Waals surface area contributed by atoms with Crippen molar-refractivity contribution >= 4 is 17.8 Å². The third kappa shape index (κ3) is 6.76. The molecule has 0 bridgehead atoms. The number of amides is 1. The van der Waals surface area contributed by atoms with Crippen molar-refractivity contribution in [1.82, 2.24) is 4.90 Å². The Morgan fingerprint density at radius 1 is 1.32 bits per heavy atom. The van der Waals surface area contributed by atoms with Crippen molar-refractivity contribution in [1.29, 1.82) is 0 Å². The minimum Gasteiger partial charge on any atom is -0.481 e. The first-order valence-electron chi connectivity index (χ1n) is 6.23. The number of aliphatic carboxylic acids is 1. The maximum absolute atomic E-state index is 12.0. The molecule has 0 aromatic heterocycles. The highest BCUT2D eigenvalue weighted by Crippen LogP contribution is 2.05. The standard InChI is InChI=1S/C12H22N2O5/c1-4-19-11(17)7-14(8(2)3)12(18)9(13)5-6-10(15)16/h8-9H,4-7,13H2,1-3H3,(H,15,16). The Morgan fingerprint density at radius 2 is 1.89 bits per heavy atom. The number of nitrogens with zero attached hydrogens (tertiary/aromatic N) is 1. The molecule has 0 saturated carbocycles. The van der Waals surface area contributed by atoms with Crippen molar-refractivity contribution in [3.63, 3.8) is 0 Å². The van der Waals surface area contributed by atoms with Gasteiger partial charge in [0.15, 0.2) is 0 Å². The molecule has 0 rings (SSSR count). The van der Waals surface area contributed by atoms with Gasteiger partial charge in [-0.2, -0.15) is 0 Å². The topological polar surface area (TPSA) is 110 Å². The maximum Gasteiger partial charge on any atom is 0.325 e. The van der Waals surface area contributed by atoms with Crippen molar-refractivity contribution in [2.45, 2.75) is 45.7 Å². The van der Waals surface area contributed by atoms with Crippen LogP contribution in [0.1, 0.15) is 33.6 Å². The van der Waals surface area contributed by atoms with E-state index < -0.39 is 23.9 Å². The van der Waals surface area contributed by atoms with E-state index in [1.807, 2.05) is 0 Å². The zero-order valence-electron chi connectivity index (χ0n) is 11.6. The summed E-state index contributed by atoms with van der Waals surface area (Å²) in [6.07, 6.45) is -0.140. The van der Waals surface area contributed by atoms with E-state index >= 15 is 0 Å². The van der Waals surface area contributed by atoms with Crippen molar-refractivity contribution in [2.24, 2.45) is 5.73 Å². The van der Waals surface area contributed by atoms with Gasteiger partial charge >= 0.3 is 11.9 Å². The number of carboxylic acid groups (broad SMARTS) is 1. The largest absolute Gasteiger partial charge is 0.481 e. The summed E-state index contributed by atoms with van der Waals surface area (Å²) in [7, 11) is 0. The van der Waals surface area contributed by atoms with E-state index in [4.69, 9.17) is 15.6 Å². The molecule has 1 unspecified atom stereocenters. The van der Waals surface area contributed by atoms with Gasteiger partial charge in [0, 0.05) is 12.5 Å². The van der Waals surface area contributed by atoms with Gasteiger partial charge in [0.1, 0.15) is 6.54 Å². The summed E-state index contributed by atoms with van der Waals surface area (Å²) in [4.78, 5) is 35.2. The van der Waals surface area contributed by atoms with Gasteiger partial charge in [-0.15, -0.1) is 0 Å². The molecule has 110 valence electrons. The fourth-order valence-corrected chi connectivity index (χ4v) is 1.48. The maximum atomic E-state index is 12.0. The third-order valence-corrected chi connectivity index (χ3v) is 2.50. The monoisotopic (exact) mass is 274 g/mol. The molecule has 0 saturated heterocycles. The van der Waals surface area contributed by atoms with Crippen molar-refractivity contribution in [2.75, 3.05) is 13.2 Å². The van der Waals surface area contributed by atoms with Gasteiger partial charge in [0.25, 0.3) is 0 Å². The van der Waals surface area contributed by atoms with Crippen LogP contribution in [0.3, 0.4) is 0 Å².